The second-order valence-electron chi connectivity index (χ2n) is 10.5. The average molecular weight is 615 g/mol. The summed E-state index contributed by atoms with van der Waals surface area (Å²) in [6, 6.07) is 16.8. The van der Waals surface area contributed by atoms with Gasteiger partial charge in [-0.25, -0.2) is 17.9 Å². The summed E-state index contributed by atoms with van der Waals surface area (Å²) in [6.45, 7) is 8.16. The third-order valence-electron chi connectivity index (χ3n) is 7.46. The normalized spacial score (nSPS) is 14.0. The number of rotatable bonds is 8. The predicted octanol–water partition coefficient (Wildman–Crippen LogP) is 4.80. The van der Waals surface area contributed by atoms with Crippen LogP contribution in [0.2, 0.25) is 0 Å². The first-order valence-corrected chi connectivity index (χ1v) is 15.4. The minimum absolute atomic E-state index is 0.0262. The molecule has 0 bridgehead atoms. The van der Waals surface area contributed by atoms with E-state index in [1.807, 2.05) is 44.2 Å². The average Bonchev–Trinajstić information content (AvgIpc) is 3.33. The minimum atomic E-state index is -4.09. The topological polar surface area (TPSA) is 156 Å². The molecule has 1 saturated heterocycles. The van der Waals surface area contributed by atoms with Crippen LogP contribution in [0.1, 0.15) is 22.4 Å². The van der Waals surface area contributed by atoms with Crippen molar-refractivity contribution in [3.8, 4) is 0 Å². The molecule has 1 aliphatic rings. The lowest BCUT2D eigenvalue weighted by Gasteiger charge is -2.28. The van der Waals surface area contributed by atoms with Crippen molar-refractivity contribution < 1.29 is 18.1 Å². The summed E-state index contributed by atoms with van der Waals surface area (Å²) in [6.07, 6.45) is 1.51. The number of morpholine rings is 1. The maximum Gasteiger partial charge on any atom is 0.295 e. The molecule has 1 aliphatic heterocycles. The third-order valence-corrected chi connectivity index (χ3v) is 8.82. The summed E-state index contributed by atoms with van der Waals surface area (Å²) >= 11 is 0. The van der Waals surface area contributed by atoms with Crippen LogP contribution in [0, 0.1) is 30.9 Å². The minimum Gasteiger partial charge on any atom is -0.378 e. The van der Waals surface area contributed by atoms with Gasteiger partial charge in [-0.2, -0.15) is 10.2 Å². The highest BCUT2D eigenvalue weighted by Gasteiger charge is 2.23. The smallest absolute Gasteiger partial charge is 0.295 e. The SMILES string of the molecule is Cc1ccc(NS(=O)(=O)c2ccc(NN=Cc3c(C)nn4c3nc(N3CCOCC3)c3ccccc34)c([N+](=O)[O-])c2)c(C)c1. The van der Waals surface area contributed by atoms with Crippen molar-refractivity contribution in [3.63, 3.8) is 0 Å². The summed E-state index contributed by atoms with van der Waals surface area (Å²) < 4.78 is 36.0. The molecule has 3 aromatic carbocycles. The van der Waals surface area contributed by atoms with Gasteiger partial charge in [-0.05, 0) is 56.7 Å². The Kier molecular flexibility index (Phi) is 7.61. The van der Waals surface area contributed by atoms with Crippen LogP contribution in [0.4, 0.5) is 22.9 Å². The highest BCUT2D eigenvalue weighted by molar-refractivity contribution is 7.92. The molecule has 1 fully saturated rings. The van der Waals surface area contributed by atoms with Crippen molar-refractivity contribution >= 4 is 55.7 Å². The van der Waals surface area contributed by atoms with Crippen LogP contribution in [0.5, 0.6) is 0 Å². The number of hydrogen-bond acceptors (Lipinski definition) is 10. The first kappa shape index (κ1) is 29.0. The molecule has 0 radical (unpaired) electrons. The van der Waals surface area contributed by atoms with Gasteiger partial charge >= 0.3 is 0 Å². The molecule has 6 rings (SSSR count). The van der Waals surface area contributed by atoms with E-state index >= 15 is 0 Å². The van der Waals surface area contributed by atoms with Gasteiger partial charge in [0.1, 0.15) is 11.5 Å². The van der Waals surface area contributed by atoms with Crippen molar-refractivity contribution in [1.29, 1.82) is 0 Å². The lowest BCUT2D eigenvalue weighted by atomic mass is 10.1. The maximum absolute atomic E-state index is 13.1. The number of benzene rings is 3. The van der Waals surface area contributed by atoms with Gasteiger partial charge < -0.3 is 9.64 Å². The number of nitro benzene ring substituents is 1. The monoisotopic (exact) mass is 614 g/mol. The maximum atomic E-state index is 13.1. The predicted molar refractivity (Wildman–Crippen MR) is 169 cm³/mol. The highest BCUT2D eigenvalue weighted by Crippen LogP contribution is 2.31. The molecule has 2 N–H and O–H groups in total. The van der Waals surface area contributed by atoms with E-state index in [0.29, 0.717) is 48.9 Å². The van der Waals surface area contributed by atoms with E-state index in [1.165, 1.54) is 18.3 Å². The van der Waals surface area contributed by atoms with E-state index in [-0.39, 0.29) is 10.6 Å². The van der Waals surface area contributed by atoms with Crippen molar-refractivity contribution in [1.82, 2.24) is 14.6 Å². The summed E-state index contributed by atoms with van der Waals surface area (Å²) in [7, 11) is -4.09. The lowest BCUT2D eigenvalue weighted by Crippen LogP contribution is -2.37. The largest absolute Gasteiger partial charge is 0.378 e. The van der Waals surface area contributed by atoms with E-state index in [4.69, 9.17) is 14.8 Å². The Bertz CT molecular complexity index is 2050. The fraction of sp³-hybridized carbons (Fsp3) is 0.233. The molecular formula is C30H30N8O5S. The third kappa shape index (κ3) is 5.52. The molecule has 2 aromatic heterocycles. The van der Waals surface area contributed by atoms with Gasteiger partial charge in [0.15, 0.2) is 5.65 Å². The van der Waals surface area contributed by atoms with Gasteiger partial charge in [0.2, 0.25) is 0 Å². The number of sulfonamides is 1. The molecule has 44 heavy (non-hydrogen) atoms. The Balaban J connectivity index is 1.31. The van der Waals surface area contributed by atoms with E-state index in [2.05, 4.69) is 20.1 Å². The summed E-state index contributed by atoms with van der Waals surface area (Å²) in [5.41, 5.74) is 7.18. The number of nitrogens with zero attached hydrogens (tertiary/aromatic N) is 6. The van der Waals surface area contributed by atoms with Crippen LogP contribution in [0.3, 0.4) is 0 Å². The van der Waals surface area contributed by atoms with E-state index in [1.54, 1.807) is 23.6 Å². The van der Waals surface area contributed by atoms with Gasteiger partial charge in [0.25, 0.3) is 15.7 Å². The van der Waals surface area contributed by atoms with Gasteiger partial charge in [-0.15, -0.1) is 0 Å². The number of para-hydroxylation sites is 1. The van der Waals surface area contributed by atoms with Crippen molar-refractivity contribution in [2.24, 2.45) is 5.10 Å². The Morgan fingerprint density at radius 3 is 2.52 bits per heavy atom. The van der Waals surface area contributed by atoms with Gasteiger partial charge in [0.05, 0.1) is 51.7 Å². The highest BCUT2D eigenvalue weighted by atomic mass is 32.2. The standard InChI is InChI=1S/C30H30N8O5S/c1-19-8-10-25(20(2)16-19)35-44(41,42)22-9-11-26(28(17-22)38(39)40)33-31-18-24-21(3)34-37-27-7-5-4-6-23(27)29(32-30(24)37)36-12-14-43-15-13-36/h4-11,16-18,33,35H,12-15H2,1-3H3. The summed E-state index contributed by atoms with van der Waals surface area (Å²) in [5, 5.41) is 21.9. The molecule has 13 nitrogen and oxygen atoms in total. The number of fused-ring (bicyclic) bond motifs is 3. The zero-order valence-corrected chi connectivity index (χ0v) is 25.1. The second-order valence-corrected chi connectivity index (χ2v) is 12.2. The number of nitrogens with one attached hydrogen (secondary N) is 2. The van der Waals surface area contributed by atoms with Crippen molar-refractivity contribution in [2.45, 2.75) is 25.7 Å². The number of nitro groups is 1. The molecule has 0 saturated carbocycles. The Hall–Kier alpha value is -5.08. The number of hydrazone groups is 1. The Labute approximate surface area is 253 Å². The zero-order valence-electron chi connectivity index (χ0n) is 24.3. The van der Waals surface area contributed by atoms with Gasteiger partial charge in [0, 0.05) is 24.5 Å². The van der Waals surface area contributed by atoms with Gasteiger partial charge in [-0.3, -0.25) is 20.3 Å². The van der Waals surface area contributed by atoms with Crippen LogP contribution in [0.15, 0.2) is 70.7 Å². The van der Waals surface area contributed by atoms with Crippen LogP contribution in [-0.4, -0.2) is 60.5 Å². The molecule has 0 spiro atoms. The molecular weight excluding hydrogens is 584 g/mol. The first-order valence-electron chi connectivity index (χ1n) is 13.9. The summed E-state index contributed by atoms with van der Waals surface area (Å²) in [4.78, 5) is 18.2. The molecule has 5 aromatic rings. The number of hydrogen-bond donors (Lipinski definition) is 2. The van der Waals surface area contributed by atoms with Crippen LogP contribution in [-0.2, 0) is 14.8 Å². The van der Waals surface area contributed by atoms with Crippen molar-refractivity contribution in [2.75, 3.05) is 41.4 Å². The fourth-order valence-corrected chi connectivity index (χ4v) is 6.35. The van der Waals surface area contributed by atoms with E-state index in [0.717, 1.165) is 33.9 Å². The van der Waals surface area contributed by atoms with Crippen LogP contribution >= 0.6 is 0 Å². The van der Waals surface area contributed by atoms with Crippen molar-refractivity contribution in [3.05, 3.63) is 93.2 Å². The number of aromatic nitrogens is 3. The van der Waals surface area contributed by atoms with E-state index in [9.17, 15) is 18.5 Å². The number of anilines is 3. The van der Waals surface area contributed by atoms with Crippen LogP contribution in [0.25, 0.3) is 16.6 Å². The molecule has 0 atom stereocenters. The molecule has 226 valence electrons. The summed E-state index contributed by atoms with van der Waals surface area (Å²) in [5.74, 6) is 0.820. The zero-order chi connectivity index (χ0) is 31.0. The number of ether oxygens (including phenoxy) is 1. The fourth-order valence-electron chi connectivity index (χ4n) is 5.20. The first-order chi connectivity index (χ1) is 21.1. The Morgan fingerprint density at radius 1 is 1.02 bits per heavy atom. The molecule has 0 aliphatic carbocycles. The second kappa shape index (κ2) is 11.5. The van der Waals surface area contributed by atoms with E-state index < -0.39 is 20.6 Å². The Morgan fingerprint density at radius 2 is 1.77 bits per heavy atom. The number of aryl methyl sites for hydroxylation is 3. The molecule has 3 heterocycles. The molecule has 0 unspecified atom stereocenters. The lowest BCUT2D eigenvalue weighted by molar-refractivity contribution is -0.384. The molecule has 0 amide bonds. The van der Waals surface area contributed by atoms with Crippen LogP contribution < -0.4 is 15.0 Å². The quantitative estimate of drug-likeness (QED) is 0.142. The van der Waals surface area contributed by atoms with Gasteiger partial charge in [-0.1, -0.05) is 29.8 Å². The molecule has 14 heteroatoms.